The number of ketones is 1. The number of nitrogens with one attached hydrogen (secondary N) is 1. The molecule has 0 fully saturated rings. The van der Waals surface area contributed by atoms with Crippen LogP contribution in [0.5, 0.6) is 0 Å². The number of carbonyl (C=O) groups is 2. The number of thiol groups is 1. The van der Waals surface area contributed by atoms with Crippen LogP contribution in [0.15, 0.2) is 30.3 Å². The van der Waals surface area contributed by atoms with Gasteiger partial charge in [-0.05, 0) is 5.56 Å². The van der Waals surface area contributed by atoms with Crippen molar-refractivity contribution in [1.82, 2.24) is 5.32 Å². The fourth-order valence-electron chi connectivity index (χ4n) is 1.41. The highest BCUT2D eigenvalue weighted by Crippen LogP contribution is 2.03. The molecule has 4 nitrogen and oxygen atoms in total. The third-order valence-electron chi connectivity index (χ3n) is 2.29. The van der Waals surface area contributed by atoms with Crippen LogP contribution in [0.2, 0.25) is 0 Å². The maximum atomic E-state index is 11.9. The first-order valence-corrected chi connectivity index (χ1v) is 5.89. The molecule has 0 saturated heterocycles. The Bertz CT molecular complexity index is 381. The summed E-state index contributed by atoms with van der Waals surface area (Å²) >= 11 is 4.05. The normalized spacial score (nSPS) is 12.1. The van der Waals surface area contributed by atoms with E-state index in [2.05, 4.69) is 17.9 Å². The van der Waals surface area contributed by atoms with Crippen molar-refractivity contribution in [2.45, 2.75) is 12.5 Å². The van der Waals surface area contributed by atoms with E-state index in [4.69, 9.17) is 5.11 Å². The SMILES string of the molecule is O=C(O)CNC(CS)C(=O)Cc1ccccc1. The van der Waals surface area contributed by atoms with Gasteiger partial charge in [0.05, 0.1) is 12.6 Å². The van der Waals surface area contributed by atoms with E-state index in [0.717, 1.165) is 5.56 Å². The van der Waals surface area contributed by atoms with Crippen molar-refractivity contribution < 1.29 is 14.7 Å². The van der Waals surface area contributed by atoms with Crippen LogP contribution in [0, 0.1) is 0 Å². The van der Waals surface area contributed by atoms with E-state index in [0.29, 0.717) is 12.2 Å². The van der Waals surface area contributed by atoms with Crippen molar-refractivity contribution in [2.75, 3.05) is 12.3 Å². The fraction of sp³-hybridized carbons (Fsp3) is 0.333. The van der Waals surface area contributed by atoms with E-state index in [-0.39, 0.29) is 12.3 Å². The Morgan fingerprint density at radius 2 is 1.94 bits per heavy atom. The summed E-state index contributed by atoms with van der Waals surface area (Å²) in [6.45, 7) is -0.230. The molecular weight excluding hydrogens is 238 g/mol. The Morgan fingerprint density at radius 3 is 2.47 bits per heavy atom. The quantitative estimate of drug-likeness (QED) is 0.628. The van der Waals surface area contributed by atoms with E-state index in [1.165, 1.54) is 0 Å². The summed E-state index contributed by atoms with van der Waals surface area (Å²) in [5.74, 6) is -0.740. The van der Waals surface area contributed by atoms with E-state index >= 15 is 0 Å². The number of Topliss-reactive ketones (excluding diaryl/α,β-unsaturated/α-hetero) is 1. The molecule has 1 atom stereocenters. The summed E-state index contributed by atoms with van der Waals surface area (Å²) in [7, 11) is 0. The molecule has 0 aromatic heterocycles. The summed E-state index contributed by atoms with van der Waals surface area (Å²) in [4.78, 5) is 22.3. The molecule has 0 aliphatic carbocycles. The summed E-state index contributed by atoms with van der Waals surface area (Å²) in [5.41, 5.74) is 0.918. The second-order valence-corrected chi connectivity index (χ2v) is 4.00. The van der Waals surface area contributed by atoms with Crippen LogP contribution >= 0.6 is 12.6 Å². The standard InChI is InChI=1S/C12H15NO3S/c14-11(6-9-4-2-1-3-5-9)10(8-17)13-7-12(15)16/h1-5,10,13,17H,6-8H2,(H,15,16). The smallest absolute Gasteiger partial charge is 0.317 e. The molecule has 0 bridgehead atoms. The van der Waals surface area contributed by atoms with Crippen molar-refractivity contribution in [3.8, 4) is 0 Å². The van der Waals surface area contributed by atoms with Crippen LogP contribution in [-0.2, 0) is 16.0 Å². The lowest BCUT2D eigenvalue weighted by molar-refractivity contribution is -0.136. The van der Waals surface area contributed by atoms with Crippen LogP contribution in [-0.4, -0.2) is 35.2 Å². The molecule has 5 heteroatoms. The van der Waals surface area contributed by atoms with Gasteiger partial charge in [0.25, 0.3) is 0 Å². The molecule has 0 amide bonds. The number of aliphatic carboxylic acids is 1. The molecule has 1 unspecified atom stereocenters. The van der Waals surface area contributed by atoms with Crippen LogP contribution in [0.3, 0.4) is 0 Å². The minimum atomic E-state index is -0.982. The fourth-order valence-corrected chi connectivity index (χ4v) is 1.74. The van der Waals surface area contributed by atoms with Crippen molar-refractivity contribution in [1.29, 1.82) is 0 Å². The Morgan fingerprint density at radius 1 is 1.29 bits per heavy atom. The lowest BCUT2D eigenvalue weighted by Gasteiger charge is -2.13. The lowest BCUT2D eigenvalue weighted by atomic mass is 10.0. The van der Waals surface area contributed by atoms with Crippen LogP contribution in [0.4, 0.5) is 0 Å². The predicted octanol–water partition coefficient (Wildman–Crippen LogP) is 0.771. The number of hydrogen-bond acceptors (Lipinski definition) is 4. The maximum absolute atomic E-state index is 11.9. The molecule has 0 heterocycles. The second kappa shape index (κ2) is 7.09. The van der Waals surface area contributed by atoms with Gasteiger partial charge in [-0.3, -0.25) is 14.9 Å². The summed E-state index contributed by atoms with van der Waals surface area (Å²) in [5, 5.41) is 11.2. The van der Waals surface area contributed by atoms with Gasteiger partial charge < -0.3 is 5.11 Å². The molecule has 0 saturated carbocycles. The topological polar surface area (TPSA) is 66.4 Å². The van der Waals surface area contributed by atoms with Crippen molar-refractivity contribution >= 4 is 24.4 Å². The Hall–Kier alpha value is -1.33. The number of benzene rings is 1. The monoisotopic (exact) mass is 253 g/mol. The zero-order chi connectivity index (χ0) is 12.7. The highest BCUT2D eigenvalue weighted by Gasteiger charge is 2.17. The molecule has 92 valence electrons. The molecule has 1 aromatic rings. The number of hydrogen-bond donors (Lipinski definition) is 3. The van der Waals surface area contributed by atoms with Crippen LogP contribution < -0.4 is 5.32 Å². The van der Waals surface area contributed by atoms with Gasteiger partial charge in [0, 0.05) is 12.2 Å². The number of carbonyl (C=O) groups excluding carboxylic acids is 1. The minimum Gasteiger partial charge on any atom is -0.480 e. The molecule has 1 rings (SSSR count). The summed E-state index contributed by atoms with van der Waals surface area (Å²) < 4.78 is 0. The molecule has 0 aliphatic rings. The average molecular weight is 253 g/mol. The van der Waals surface area contributed by atoms with E-state index < -0.39 is 12.0 Å². The number of carboxylic acids is 1. The largest absolute Gasteiger partial charge is 0.480 e. The van der Waals surface area contributed by atoms with Crippen molar-refractivity contribution in [2.24, 2.45) is 0 Å². The van der Waals surface area contributed by atoms with E-state index in [1.807, 2.05) is 30.3 Å². The maximum Gasteiger partial charge on any atom is 0.317 e. The predicted molar refractivity (Wildman–Crippen MR) is 68.4 cm³/mol. The third kappa shape index (κ3) is 5.01. The van der Waals surface area contributed by atoms with Crippen molar-refractivity contribution in [3.63, 3.8) is 0 Å². The Balaban J connectivity index is 2.52. The second-order valence-electron chi connectivity index (χ2n) is 3.64. The highest BCUT2D eigenvalue weighted by molar-refractivity contribution is 7.80. The zero-order valence-corrected chi connectivity index (χ0v) is 10.2. The molecule has 2 N–H and O–H groups in total. The minimum absolute atomic E-state index is 0.0487. The summed E-state index contributed by atoms with van der Waals surface area (Å²) in [6.07, 6.45) is 0.290. The van der Waals surface area contributed by atoms with E-state index in [1.54, 1.807) is 0 Å². The highest BCUT2D eigenvalue weighted by atomic mass is 32.1. The number of carboxylic acid groups (broad SMARTS) is 1. The summed E-state index contributed by atoms with van der Waals surface area (Å²) in [6, 6.07) is 8.82. The Labute approximate surface area is 105 Å². The molecule has 1 aromatic carbocycles. The molecule has 0 spiro atoms. The lowest BCUT2D eigenvalue weighted by Crippen LogP contribution is -2.41. The molecule has 17 heavy (non-hydrogen) atoms. The van der Waals surface area contributed by atoms with Gasteiger partial charge in [-0.25, -0.2) is 0 Å². The third-order valence-corrected chi connectivity index (χ3v) is 2.66. The van der Waals surface area contributed by atoms with Gasteiger partial charge in [0.15, 0.2) is 5.78 Å². The first kappa shape index (κ1) is 13.7. The molecular formula is C12H15NO3S. The van der Waals surface area contributed by atoms with Crippen molar-refractivity contribution in [3.05, 3.63) is 35.9 Å². The van der Waals surface area contributed by atoms with E-state index in [9.17, 15) is 9.59 Å². The van der Waals surface area contributed by atoms with Gasteiger partial charge in [-0.1, -0.05) is 30.3 Å². The Kier molecular flexibility index (Phi) is 5.72. The van der Waals surface area contributed by atoms with Gasteiger partial charge in [0.1, 0.15) is 0 Å². The van der Waals surface area contributed by atoms with Gasteiger partial charge >= 0.3 is 5.97 Å². The molecule has 0 radical (unpaired) electrons. The number of rotatable bonds is 7. The first-order chi connectivity index (χ1) is 8.13. The average Bonchev–Trinajstić information content (AvgIpc) is 2.30. The van der Waals surface area contributed by atoms with Crippen LogP contribution in [0.25, 0.3) is 0 Å². The zero-order valence-electron chi connectivity index (χ0n) is 9.30. The van der Waals surface area contributed by atoms with Gasteiger partial charge in [-0.2, -0.15) is 12.6 Å². The van der Waals surface area contributed by atoms with Gasteiger partial charge in [-0.15, -0.1) is 0 Å². The van der Waals surface area contributed by atoms with Gasteiger partial charge in [0.2, 0.25) is 0 Å². The van der Waals surface area contributed by atoms with Crippen LogP contribution in [0.1, 0.15) is 5.56 Å². The first-order valence-electron chi connectivity index (χ1n) is 5.26. The molecule has 0 aliphatic heterocycles.